The molecule has 0 unspecified atom stereocenters. The summed E-state index contributed by atoms with van der Waals surface area (Å²) in [6.07, 6.45) is 0. The summed E-state index contributed by atoms with van der Waals surface area (Å²) in [4.78, 5) is 16.7. The van der Waals surface area contributed by atoms with Gasteiger partial charge in [-0.2, -0.15) is 4.31 Å². The smallest absolute Gasteiger partial charge is 0.341 e. The highest BCUT2D eigenvalue weighted by molar-refractivity contribution is 7.89. The molecule has 2 heterocycles. The predicted octanol–water partition coefficient (Wildman–Crippen LogP) is 3.33. The van der Waals surface area contributed by atoms with E-state index in [0.717, 1.165) is 28.8 Å². The van der Waals surface area contributed by atoms with Crippen LogP contribution >= 0.6 is 11.3 Å². The Bertz CT molecular complexity index is 1180. The SMILES string of the molecule is O=C(OCc1csc(-c2ccccc2)n1)c1cc(S(=O)(=O)N2CCOCC2)ccc1F. The topological polar surface area (TPSA) is 85.8 Å². The van der Waals surface area contributed by atoms with E-state index in [1.54, 1.807) is 5.38 Å². The minimum Gasteiger partial charge on any atom is -0.455 e. The van der Waals surface area contributed by atoms with Gasteiger partial charge in [-0.1, -0.05) is 30.3 Å². The molecule has 1 aliphatic rings. The average Bonchev–Trinajstić information content (AvgIpc) is 3.28. The van der Waals surface area contributed by atoms with Crippen molar-refractivity contribution < 1.29 is 27.1 Å². The van der Waals surface area contributed by atoms with Crippen LogP contribution in [-0.4, -0.2) is 50.0 Å². The second-order valence-corrected chi connectivity index (χ2v) is 9.54. The number of carbonyl (C=O) groups is 1. The third kappa shape index (κ3) is 4.82. The van der Waals surface area contributed by atoms with E-state index in [4.69, 9.17) is 9.47 Å². The first-order valence-corrected chi connectivity index (χ1v) is 11.8. The van der Waals surface area contributed by atoms with E-state index in [-0.39, 0.29) is 37.8 Å². The summed E-state index contributed by atoms with van der Waals surface area (Å²) in [6, 6.07) is 12.7. The Morgan fingerprint density at radius 1 is 1.16 bits per heavy atom. The highest BCUT2D eigenvalue weighted by Crippen LogP contribution is 2.24. The number of morpholine rings is 1. The Balaban J connectivity index is 1.47. The van der Waals surface area contributed by atoms with Crippen LogP contribution in [0.5, 0.6) is 0 Å². The number of thiazole rings is 1. The second-order valence-electron chi connectivity index (χ2n) is 6.74. The summed E-state index contributed by atoms with van der Waals surface area (Å²) in [5.41, 5.74) is 1.03. The van der Waals surface area contributed by atoms with E-state index >= 15 is 0 Å². The average molecular weight is 463 g/mol. The molecule has 1 fully saturated rings. The fourth-order valence-electron chi connectivity index (χ4n) is 3.06. The molecule has 0 N–H and O–H groups in total. The lowest BCUT2D eigenvalue weighted by Crippen LogP contribution is -2.40. The molecule has 1 aliphatic heterocycles. The molecule has 1 aromatic heterocycles. The van der Waals surface area contributed by atoms with Gasteiger partial charge in [-0.15, -0.1) is 11.3 Å². The standard InChI is InChI=1S/C21H19FN2O5S2/c22-19-7-6-17(31(26,27)24-8-10-28-11-9-24)12-18(19)21(25)29-13-16-14-30-20(23-16)15-4-2-1-3-5-15/h1-7,12,14H,8-11,13H2. The summed E-state index contributed by atoms with van der Waals surface area (Å²) in [5.74, 6) is -1.81. The maximum atomic E-state index is 14.3. The molecular weight excluding hydrogens is 443 g/mol. The van der Waals surface area contributed by atoms with Crippen LogP contribution in [0.15, 0.2) is 58.8 Å². The molecule has 7 nitrogen and oxygen atoms in total. The van der Waals surface area contributed by atoms with E-state index in [2.05, 4.69) is 4.98 Å². The lowest BCUT2D eigenvalue weighted by atomic mass is 10.2. The van der Waals surface area contributed by atoms with E-state index in [0.29, 0.717) is 5.69 Å². The lowest BCUT2D eigenvalue weighted by molar-refractivity contribution is 0.0462. The Kier molecular flexibility index (Phi) is 6.42. The van der Waals surface area contributed by atoms with Crippen LogP contribution in [0.1, 0.15) is 16.1 Å². The maximum Gasteiger partial charge on any atom is 0.341 e. The lowest BCUT2D eigenvalue weighted by Gasteiger charge is -2.26. The molecule has 0 aliphatic carbocycles. The number of ether oxygens (including phenoxy) is 2. The van der Waals surface area contributed by atoms with Crippen molar-refractivity contribution in [3.8, 4) is 10.6 Å². The first-order chi connectivity index (χ1) is 14.9. The van der Waals surface area contributed by atoms with Crippen LogP contribution in [0.25, 0.3) is 10.6 Å². The number of sulfonamides is 1. The van der Waals surface area contributed by atoms with Crippen molar-refractivity contribution in [2.75, 3.05) is 26.3 Å². The maximum absolute atomic E-state index is 14.3. The zero-order valence-corrected chi connectivity index (χ0v) is 18.0. The van der Waals surface area contributed by atoms with E-state index < -0.39 is 27.4 Å². The zero-order chi connectivity index (χ0) is 21.8. The van der Waals surface area contributed by atoms with Crippen LogP contribution in [-0.2, 0) is 26.1 Å². The van der Waals surface area contributed by atoms with Gasteiger partial charge in [-0.25, -0.2) is 22.6 Å². The van der Waals surface area contributed by atoms with E-state index in [9.17, 15) is 17.6 Å². The quantitative estimate of drug-likeness (QED) is 0.523. The molecule has 0 spiro atoms. The summed E-state index contributed by atoms with van der Waals surface area (Å²) < 4.78 is 51.4. The Morgan fingerprint density at radius 2 is 1.90 bits per heavy atom. The number of hydrogen-bond acceptors (Lipinski definition) is 7. The summed E-state index contributed by atoms with van der Waals surface area (Å²) in [6.45, 7) is 0.823. The van der Waals surface area contributed by atoms with Crippen LogP contribution in [0.3, 0.4) is 0 Å². The van der Waals surface area contributed by atoms with Gasteiger partial charge in [0, 0.05) is 24.0 Å². The van der Waals surface area contributed by atoms with Gasteiger partial charge < -0.3 is 9.47 Å². The fraction of sp³-hybridized carbons (Fsp3) is 0.238. The molecule has 0 atom stereocenters. The number of rotatable bonds is 6. The molecule has 1 saturated heterocycles. The minimum absolute atomic E-state index is 0.151. The molecule has 3 aromatic rings. The summed E-state index contributed by atoms with van der Waals surface area (Å²) in [7, 11) is -3.86. The van der Waals surface area contributed by atoms with Crippen molar-refractivity contribution in [3.05, 3.63) is 71.0 Å². The first-order valence-electron chi connectivity index (χ1n) is 9.49. The van der Waals surface area contributed by atoms with Crippen LogP contribution in [0.4, 0.5) is 4.39 Å². The largest absolute Gasteiger partial charge is 0.455 e. The first kappa shape index (κ1) is 21.6. The van der Waals surface area contributed by atoms with Crippen molar-refractivity contribution in [3.63, 3.8) is 0 Å². The zero-order valence-electron chi connectivity index (χ0n) is 16.4. The van der Waals surface area contributed by atoms with Crippen molar-refractivity contribution in [1.29, 1.82) is 0 Å². The second kappa shape index (κ2) is 9.23. The van der Waals surface area contributed by atoms with Crippen LogP contribution < -0.4 is 0 Å². The normalized spacial score (nSPS) is 15.0. The third-order valence-electron chi connectivity index (χ3n) is 4.69. The number of nitrogens with zero attached hydrogens (tertiary/aromatic N) is 2. The highest BCUT2D eigenvalue weighted by Gasteiger charge is 2.28. The van der Waals surface area contributed by atoms with Crippen molar-refractivity contribution in [1.82, 2.24) is 9.29 Å². The van der Waals surface area contributed by atoms with Crippen LogP contribution in [0.2, 0.25) is 0 Å². The van der Waals surface area contributed by atoms with Crippen LogP contribution in [0, 0.1) is 5.82 Å². The Hall–Kier alpha value is -2.66. The van der Waals surface area contributed by atoms with Gasteiger partial charge in [0.05, 0.1) is 29.4 Å². The Morgan fingerprint density at radius 3 is 2.65 bits per heavy atom. The molecule has 0 radical (unpaired) electrons. The fourth-order valence-corrected chi connectivity index (χ4v) is 5.31. The minimum atomic E-state index is -3.86. The van der Waals surface area contributed by atoms with Gasteiger partial charge in [0.15, 0.2) is 0 Å². The number of esters is 1. The van der Waals surface area contributed by atoms with Gasteiger partial charge in [-0.3, -0.25) is 0 Å². The monoisotopic (exact) mass is 462 g/mol. The highest BCUT2D eigenvalue weighted by atomic mass is 32.2. The summed E-state index contributed by atoms with van der Waals surface area (Å²) in [5, 5.41) is 2.53. The van der Waals surface area contributed by atoms with E-state index in [1.165, 1.54) is 15.6 Å². The molecule has 0 saturated carbocycles. The van der Waals surface area contributed by atoms with Gasteiger partial charge in [0.2, 0.25) is 10.0 Å². The van der Waals surface area contributed by atoms with Gasteiger partial charge in [0.1, 0.15) is 17.4 Å². The van der Waals surface area contributed by atoms with Gasteiger partial charge >= 0.3 is 5.97 Å². The van der Waals surface area contributed by atoms with Crippen molar-refractivity contribution in [2.45, 2.75) is 11.5 Å². The molecule has 10 heteroatoms. The molecule has 0 amide bonds. The number of aromatic nitrogens is 1. The van der Waals surface area contributed by atoms with E-state index in [1.807, 2.05) is 30.3 Å². The molecule has 31 heavy (non-hydrogen) atoms. The van der Waals surface area contributed by atoms with Crippen molar-refractivity contribution >= 4 is 27.3 Å². The Labute approximate surface area is 183 Å². The number of hydrogen-bond donors (Lipinski definition) is 0. The summed E-state index contributed by atoms with van der Waals surface area (Å²) >= 11 is 1.40. The predicted molar refractivity (Wildman–Crippen MR) is 113 cm³/mol. The number of benzene rings is 2. The van der Waals surface area contributed by atoms with Crippen molar-refractivity contribution in [2.24, 2.45) is 0 Å². The number of carbonyl (C=O) groups excluding carboxylic acids is 1. The molecule has 4 rings (SSSR count). The third-order valence-corrected chi connectivity index (χ3v) is 7.52. The molecule has 0 bridgehead atoms. The molecular formula is C21H19FN2O5S2. The van der Waals surface area contributed by atoms with Gasteiger partial charge in [-0.05, 0) is 18.2 Å². The molecule has 162 valence electrons. The van der Waals surface area contributed by atoms with Gasteiger partial charge in [0.25, 0.3) is 0 Å². The molecule has 2 aromatic carbocycles. The number of halogens is 1.